The van der Waals surface area contributed by atoms with Crippen LogP contribution < -0.4 is 15.8 Å². The zero-order chi connectivity index (χ0) is 20.2. The predicted octanol–water partition coefficient (Wildman–Crippen LogP) is 1.34. The minimum atomic E-state index is -0.584. The first-order valence-electron chi connectivity index (χ1n) is 8.79. The maximum absolute atomic E-state index is 11.8. The number of methoxy groups -OCH3 is 1. The molecule has 2 unspecified atom stereocenters. The summed E-state index contributed by atoms with van der Waals surface area (Å²) in [5.74, 6) is 0.447. The van der Waals surface area contributed by atoms with Gasteiger partial charge in [0.1, 0.15) is 11.8 Å². The molecule has 2 rings (SSSR count). The minimum Gasteiger partial charge on any atom is -0.443 e. The fourth-order valence-corrected chi connectivity index (χ4v) is 3.03. The van der Waals surface area contributed by atoms with Crippen LogP contribution in [0.4, 0.5) is 16.3 Å². The Morgan fingerprint density at radius 1 is 1.44 bits per heavy atom. The predicted molar refractivity (Wildman–Crippen MR) is 98.4 cm³/mol. The van der Waals surface area contributed by atoms with Gasteiger partial charge in [0.05, 0.1) is 11.0 Å². The number of ether oxygens (including phenoxy) is 2. The Bertz CT molecular complexity index is 671. The molecule has 0 aromatic carbocycles. The van der Waals surface area contributed by atoms with Crippen molar-refractivity contribution in [3.8, 4) is 0 Å². The van der Waals surface area contributed by atoms with Gasteiger partial charge in [-0.25, -0.2) is 14.9 Å². The van der Waals surface area contributed by atoms with Gasteiger partial charge in [-0.05, 0) is 33.6 Å². The second-order valence-electron chi connectivity index (χ2n) is 7.53. The summed E-state index contributed by atoms with van der Waals surface area (Å²) in [6, 6.07) is -0.0697. The van der Waals surface area contributed by atoms with Crippen molar-refractivity contribution in [3.63, 3.8) is 0 Å². The Morgan fingerprint density at radius 3 is 2.74 bits per heavy atom. The highest BCUT2D eigenvalue weighted by atomic mass is 16.6. The van der Waals surface area contributed by atoms with Crippen LogP contribution in [0.25, 0.3) is 0 Å². The van der Waals surface area contributed by atoms with Gasteiger partial charge in [-0.3, -0.25) is 15.5 Å². The van der Waals surface area contributed by atoms with Crippen LogP contribution in [0.3, 0.4) is 0 Å². The number of rotatable bonds is 5. The molecule has 1 aromatic heterocycles. The first-order chi connectivity index (χ1) is 12.6. The van der Waals surface area contributed by atoms with Gasteiger partial charge in [-0.2, -0.15) is 5.10 Å². The van der Waals surface area contributed by atoms with Crippen molar-refractivity contribution in [1.29, 1.82) is 0 Å². The van der Waals surface area contributed by atoms with Gasteiger partial charge in [-0.15, -0.1) is 0 Å². The fraction of sp³-hybridized carbons (Fsp3) is 0.750. The lowest BCUT2D eigenvalue weighted by Gasteiger charge is -2.24. The average Bonchev–Trinajstić information content (AvgIpc) is 2.83. The fourth-order valence-electron chi connectivity index (χ4n) is 3.03. The molecule has 2 heterocycles. The molecule has 2 N–H and O–H groups in total. The molecular weight excluding hydrogens is 356 g/mol. The van der Waals surface area contributed by atoms with Crippen LogP contribution in [-0.2, 0) is 16.5 Å². The first kappa shape index (κ1) is 20.9. The number of hydrazine groups is 1. The number of nitrogens with zero attached hydrogens (tertiary/aromatic N) is 4. The van der Waals surface area contributed by atoms with Crippen molar-refractivity contribution in [2.75, 3.05) is 25.1 Å². The molecule has 27 heavy (non-hydrogen) atoms. The van der Waals surface area contributed by atoms with E-state index in [1.165, 1.54) is 10.9 Å². The molecule has 0 aliphatic carbocycles. The Morgan fingerprint density at radius 2 is 2.15 bits per heavy atom. The van der Waals surface area contributed by atoms with Gasteiger partial charge in [0.25, 0.3) is 0 Å². The summed E-state index contributed by atoms with van der Waals surface area (Å²) >= 11 is 0. The van der Waals surface area contributed by atoms with Gasteiger partial charge < -0.3 is 14.4 Å². The number of hydrogen-bond donors (Lipinski definition) is 2. The number of nitrogens with one attached hydrogen (secondary N) is 2. The van der Waals surface area contributed by atoms with Crippen LogP contribution in [0, 0.1) is 10.1 Å². The van der Waals surface area contributed by atoms with Crippen molar-refractivity contribution >= 4 is 17.6 Å². The van der Waals surface area contributed by atoms with Gasteiger partial charge in [0.2, 0.25) is 5.82 Å². The van der Waals surface area contributed by atoms with Gasteiger partial charge in [0, 0.05) is 33.3 Å². The Kier molecular flexibility index (Phi) is 6.60. The highest BCUT2D eigenvalue weighted by Gasteiger charge is 2.31. The molecule has 0 spiro atoms. The van der Waals surface area contributed by atoms with E-state index in [9.17, 15) is 14.9 Å². The summed E-state index contributed by atoms with van der Waals surface area (Å²) in [6.07, 6.45) is 1.81. The SMILES string of the molecule is COC1CC(NNC(=O)OC(C)(C)C)CCN(c2c([N+](=O)[O-])cnn2C)C1. The number of nitro groups is 1. The lowest BCUT2D eigenvalue weighted by Crippen LogP contribution is -2.47. The van der Waals surface area contributed by atoms with Crippen molar-refractivity contribution in [2.45, 2.75) is 51.4 Å². The van der Waals surface area contributed by atoms with E-state index in [1.54, 1.807) is 34.9 Å². The third-order valence-corrected chi connectivity index (χ3v) is 4.21. The van der Waals surface area contributed by atoms with Crippen molar-refractivity contribution in [3.05, 3.63) is 16.3 Å². The topological polar surface area (TPSA) is 124 Å². The molecule has 0 saturated carbocycles. The molecule has 1 aliphatic heterocycles. The van der Waals surface area contributed by atoms with Crippen LogP contribution in [0.15, 0.2) is 6.20 Å². The molecule has 0 radical (unpaired) electrons. The molecule has 11 heteroatoms. The highest BCUT2D eigenvalue weighted by Crippen LogP contribution is 2.29. The molecule has 2 atom stereocenters. The summed E-state index contributed by atoms with van der Waals surface area (Å²) in [4.78, 5) is 24.6. The van der Waals surface area contributed by atoms with Crippen LogP contribution in [-0.4, -0.2) is 58.7 Å². The summed E-state index contributed by atoms with van der Waals surface area (Å²) in [6.45, 7) is 6.41. The lowest BCUT2D eigenvalue weighted by atomic mass is 10.1. The van der Waals surface area contributed by atoms with E-state index in [2.05, 4.69) is 16.0 Å². The summed E-state index contributed by atoms with van der Waals surface area (Å²) in [5, 5.41) is 15.3. The zero-order valence-electron chi connectivity index (χ0n) is 16.4. The van der Waals surface area contributed by atoms with E-state index in [0.717, 1.165) is 0 Å². The smallest absolute Gasteiger partial charge is 0.422 e. The molecule has 1 fully saturated rings. The average molecular weight is 384 g/mol. The summed E-state index contributed by atoms with van der Waals surface area (Å²) in [7, 11) is 3.28. The third kappa shape index (κ3) is 5.79. The number of hydrogen-bond acceptors (Lipinski definition) is 8. The Labute approximate surface area is 158 Å². The van der Waals surface area contributed by atoms with Gasteiger partial charge in [-0.1, -0.05) is 0 Å². The quantitative estimate of drug-likeness (QED) is 0.576. The molecular formula is C16H28N6O5. The van der Waals surface area contributed by atoms with Crippen molar-refractivity contribution < 1.29 is 19.2 Å². The third-order valence-electron chi connectivity index (χ3n) is 4.21. The van der Waals surface area contributed by atoms with Gasteiger partial charge in [0.15, 0.2) is 0 Å². The van der Waals surface area contributed by atoms with E-state index in [-0.39, 0.29) is 17.8 Å². The van der Waals surface area contributed by atoms with E-state index in [0.29, 0.717) is 31.7 Å². The summed E-state index contributed by atoms with van der Waals surface area (Å²) in [5.41, 5.74) is 4.92. The Balaban J connectivity index is 2.04. The van der Waals surface area contributed by atoms with Crippen LogP contribution >= 0.6 is 0 Å². The number of carbonyl (C=O) groups excluding carboxylic acids is 1. The number of aryl methyl sites for hydroxylation is 1. The van der Waals surface area contributed by atoms with Crippen LogP contribution in [0.1, 0.15) is 33.6 Å². The number of anilines is 1. The minimum absolute atomic E-state index is 0.0364. The molecule has 1 aromatic rings. The summed E-state index contributed by atoms with van der Waals surface area (Å²) < 4.78 is 12.2. The maximum Gasteiger partial charge on any atom is 0.422 e. The first-order valence-corrected chi connectivity index (χ1v) is 8.79. The maximum atomic E-state index is 11.8. The number of carbonyl (C=O) groups is 1. The molecule has 1 saturated heterocycles. The Hall–Kier alpha value is -2.40. The van der Waals surface area contributed by atoms with Crippen molar-refractivity contribution in [2.24, 2.45) is 7.05 Å². The second-order valence-corrected chi connectivity index (χ2v) is 7.53. The molecule has 1 aliphatic rings. The van der Waals surface area contributed by atoms with E-state index >= 15 is 0 Å². The van der Waals surface area contributed by atoms with E-state index in [4.69, 9.17) is 9.47 Å². The molecule has 0 bridgehead atoms. The van der Waals surface area contributed by atoms with Crippen molar-refractivity contribution in [1.82, 2.24) is 20.6 Å². The standard InChI is InChI=1S/C16H28N6O5/c1-16(2,3)27-15(23)19-18-11-6-7-21(10-12(8-11)26-5)14-13(22(24)25)9-17-20(14)4/h9,11-12,18H,6-8,10H2,1-5H3,(H,19,23). The van der Waals surface area contributed by atoms with Crippen LogP contribution in [0.2, 0.25) is 0 Å². The zero-order valence-corrected chi connectivity index (χ0v) is 16.4. The lowest BCUT2D eigenvalue weighted by molar-refractivity contribution is -0.384. The van der Waals surface area contributed by atoms with Gasteiger partial charge >= 0.3 is 11.8 Å². The largest absolute Gasteiger partial charge is 0.443 e. The molecule has 1 amide bonds. The second kappa shape index (κ2) is 8.53. The normalized spacial score (nSPS) is 20.9. The van der Waals surface area contributed by atoms with Crippen LogP contribution in [0.5, 0.6) is 0 Å². The van der Waals surface area contributed by atoms with E-state index < -0.39 is 16.6 Å². The number of aromatic nitrogens is 2. The highest BCUT2D eigenvalue weighted by molar-refractivity contribution is 5.67. The molecule has 152 valence electrons. The monoisotopic (exact) mass is 384 g/mol. The van der Waals surface area contributed by atoms with E-state index in [1.807, 2.05) is 4.90 Å². The number of amides is 1. The molecule has 11 nitrogen and oxygen atoms in total.